The summed E-state index contributed by atoms with van der Waals surface area (Å²) in [7, 11) is 0. The number of aliphatic hydroxyl groups is 3. The molecule has 0 radical (unpaired) electrons. The molecular weight excluding hydrogens is 180 g/mol. The largest absolute Gasteiger partial charge is 0.396 e. The maximum atomic E-state index is 10.4. The van der Waals surface area contributed by atoms with E-state index in [0.29, 0.717) is 19.3 Å². The molecule has 0 saturated heterocycles. The van der Waals surface area contributed by atoms with Crippen LogP contribution >= 0.6 is 0 Å². The number of hydrogen-bond donors (Lipinski definition) is 3. The second-order valence-electron chi connectivity index (χ2n) is 4.29. The third-order valence-corrected chi connectivity index (χ3v) is 3.61. The van der Waals surface area contributed by atoms with Gasteiger partial charge in [-0.25, -0.2) is 0 Å². The molecule has 14 heavy (non-hydrogen) atoms. The molecule has 0 aliphatic heterocycles. The summed E-state index contributed by atoms with van der Waals surface area (Å²) < 4.78 is 0. The normalized spacial score (nSPS) is 37.4. The lowest BCUT2D eigenvalue weighted by molar-refractivity contribution is -0.0948. The summed E-state index contributed by atoms with van der Waals surface area (Å²) in [6, 6.07) is 0. The quantitative estimate of drug-likeness (QED) is 0.576. The van der Waals surface area contributed by atoms with Crippen molar-refractivity contribution in [1.82, 2.24) is 0 Å². The van der Waals surface area contributed by atoms with E-state index in [9.17, 15) is 10.2 Å². The van der Waals surface area contributed by atoms with Crippen molar-refractivity contribution in [3.8, 4) is 0 Å². The Kier molecular flexibility index (Phi) is 3.70. The summed E-state index contributed by atoms with van der Waals surface area (Å²) in [4.78, 5) is 0. The first-order chi connectivity index (χ1) is 6.64. The fourth-order valence-electron chi connectivity index (χ4n) is 2.65. The van der Waals surface area contributed by atoms with E-state index in [1.807, 2.05) is 0 Å². The van der Waals surface area contributed by atoms with Crippen molar-refractivity contribution in [3.05, 3.63) is 12.7 Å². The van der Waals surface area contributed by atoms with E-state index in [4.69, 9.17) is 5.11 Å². The minimum Gasteiger partial charge on any atom is -0.396 e. The minimum absolute atomic E-state index is 0.0139. The molecule has 0 bridgehead atoms. The molecule has 0 aromatic rings. The van der Waals surface area contributed by atoms with Crippen LogP contribution in [-0.2, 0) is 0 Å². The summed E-state index contributed by atoms with van der Waals surface area (Å²) in [5.41, 5.74) is -1.39. The highest BCUT2D eigenvalue weighted by molar-refractivity contribution is 5.05. The van der Waals surface area contributed by atoms with Gasteiger partial charge in [-0.2, -0.15) is 0 Å². The lowest BCUT2D eigenvalue weighted by atomic mass is 9.71. The van der Waals surface area contributed by atoms with E-state index < -0.39 is 11.0 Å². The first-order valence-electron chi connectivity index (χ1n) is 5.19. The Morgan fingerprint density at radius 2 is 2.00 bits per heavy atom. The molecular formula is C11H20O3. The van der Waals surface area contributed by atoms with Gasteiger partial charge in [0.15, 0.2) is 0 Å². The third kappa shape index (κ3) is 1.72. The highest BCUT2D eigenvalue weighted by Gasteiger charge is 2.52. The van der Waals surface area contributed by atoms with Gasteiger partial charge < -0.3 is 15.3 Å². The van der Waals surface area contributed by atoms with Crippen LogP contribution in [0.3, 0.4) is 0 Å². The van der Waals surface area contributed by atoms with Crippen LogP contribution in [0.5, 0.6) is 0 Å². The molecule has 0 aromatic heterocycles. The molecule has 3 nitrogen and oxygen atoms in total. The Morgan fingerprint density at radius 1 is 1.29 bits per heavy atom. The average Bonchev–Trinajstić information content (AvgIpc) is 2.46. The summed E-state index contributed by atoms with van der Waals surface area (Å²) >= 11 is 0. The van der Waals surface area contributed by atoms with Gasteiger partial charge in [0, 0.05) is 12.0 Å². The van der Waals surface area contributed by atoms with Crippen LogP contribution < -0.4 is 0 Å². The molecule has 0 heterocycles. The Hall–Kier alpha value is -0.380. The van der Waals surface area contributed by atoms with Crippen LogP contribution in [-0.4, -0.2) is 34.1 Å². The van der Waals surface area contributed by atoms with Crippen molar-refractivity contribution >= 4 is 0 Å². The second kappa shape index (κ2) is 4.43. The summed E-state index contributed by atoms with van der Waals surface area (Å²) in [5.74, 6) is 0. The smallest absolute Gasteiger partial charge is 0.0760 e. The first kappa shape index (κ1) is 11.7. The van der Waals surface area contributed by atoms with Crippen LogP contribution in [0.2, 0.25) is 0 Å². The number of hydrogen-bond acceptors (Lipinski definition) is 3. The van der Waals surface area contributed by atoms with E-state index in [1.54, 1.807) is 6.08 Å². The number of aliphatic hydroxyl groups excluding tert-OH is 2. The predicted molar refractivity (Wildman–Crippen MR) is 54.8 cm³/mol. The van der Waals surface area contributed by atoms with Gasteiger partial charge in [-0.15, -0.1) is 6.58 Å². The molecule has 1 saturated carbocycles. The second-order valence-corrected chi connectivity index (χ2v) is 4.29. The summed E-state index contributed by atoms with van der Waals surface area (Å²) in [6.07, 6.45) is 5.04. The molecule has 0 unspecified atom stereocenters. The van der Waals surface area contributed by atoms with Crippen LogP contribution in [0, 0.1) is 5.41 Å². The molecule has 0 amide bonds. The zero-order valence-electron chi connectivity index (χ0n) is 8.58. The van der Waals surface area contributed by atoms with E-state index in [1.165, 1.54) is 0 Å². The van der Waals surface area contributed by atoms with Gasteiger partial charge in [-0.1, -0.05) is 6.08 Å². The van der Waals surface area contributed by atoms with Crippen LogP contribution in [0.4, 0.5) is 0 Å². The molecule has 0 spiro atoms. The predicted octanol–water partition coefficient (Wildman–Crippen LogP) is 0.839. The zero-order chi connectivity index (χ0) is 10.7. The highest BCUT2D eigenvalue weighted by atomic mass is 16.3. The fraction of sp³-hybridized carbons (Fsp3) is 0.818. The van der Waals surface area contributed by atoms with Crippen molar-refractivity contribution in [2.75, 3.05) is 13.2 Å². The van der Waals surface area contributed by atoms with E-state index in [-0.39, 0.29) is 13.2 Å². The van der Waals surface area contributed by atoms with Gasteiger partial charge in [0.1, 0.15) is 0 Å². The van der Waals surface area contributed by atoms with Crippen molar-refractivity contribution in [2.24, 2.45) is 5.41 Å². The van der Waals surface area contributed by atoms with Crippen LogP contribution in [0.1, 0.15) is 32.1 Å². The van der Waals surface area contributed by atoms with Crippen molar-refractivity contribution in [1.29, 1.82) is 0 Å². The molecule has 1 rings (SSSR count). The topological polar surface area (TPSA) is 60.7 Å². The Bertz CT molecular complexity index is 205. The molecule has 1 fully saturated rings. The zero-order valence-corrected chi connectivity index (χ0v) is 8.58. The van der Waals surface area contributed by atoms with Gasteiger partial charge in [0.05, 0.1) is 12.2 Å². The van der Waals surface area contributed by atoms with E-state index in [2.05, 4.69) is 6.58 Å². The molecule has 3 N–H and O–H groups in total. The fourth-order valence-corrected chi connectivity index (χ4v) is 2.65. The lowest BCUT2D eigenvalue weighted by Crippen LogP contribution is -2.46. The molecule has 1 aliphatic carbocycles. The van der Waals surface area contributed by atoms with Gasteiger partial charge >= 0.3 is 0 Å². The lowest BCUT2D eigenvalue weighted by Gasteiger charge is -2.40. The standard InChI is InChI=1S/C11H20O3/c1-2-4-11(14)6-3-5-10(11,9-13)7-8-12/h2,12-14H,1,3-9H2/t10-,11-/m1/s1. The van der Waals surface area contributed by atoms with Gasteiger partial charge in [-0.3, -0.25) is 0 Å². The minimum atomic E-state index is -0.869. The third-order valence-electron chi connectivity index (χ3n) is 3.61. The van der Waals surface area contributed by atoms with Crippen LogP contribution in [0.15, 0.2) is 12.7 Å². The van der Waals surface area contributed by atoms with E-state index >= 15 is 0 Å². The summed E-state index contributed by atoms with van der Waals surface area (Å²) in [6.45, 7) is 3.58. The van der Waals surface area contributed by atoms with Crippen molar-refractivity contribution in [2.45, 2.75) is 37.7 Å². The SMILES string of the molecule is C=CC[C@@]1(O)CCC[C@]1(CO)CCO. The maximum absolute atomic E-state index is 10.4. The molecule has 3 heteroatoms. The maximum Gasteiger partial charge on any atom is 0.0760 e. The van der Waals surface area contributed by atoms with Crippen LogP contribution in [0.25, 0.3) is 0 Å². The number of rotatable bonds is 5. The first-order valence-corrected chi connectivity index (χ1v) is 5.19. The average molecular weight is 200 g/mol. The Labute approximate surface area is 85.1 Å². The molecule has 1 aliphatic rings. The Morgan fingerprint density at radius 3 is 2.50 bits per heavy atom. The van der Waals surface area contributed by atoms with Gasteiger partial charge in [0.25, 0.3) is 0 Å². The molecule has 0 aromatic carbocycles. The Balaban J connectivity index is 2.86. The van der Waals surface area contributed by atoms with Crippen molar-refractivity contribution < 1.29 is 15.3 Å². The summed E-state index contributed by atoms with van der Waals surface area (Å²) in [5, 5.41) is 28.8. The van der Waals surface area contributed by atoms with Crippen molar-refractivity contribution in [3.63, 3.8) is 0 Å². The van der Waals surface area contributed by atoms with Gasteiger partial charge in [-0.05, 0) is 32.1 Å². The molecule has 82 valence electrons. The highest BCUT2D eigenvalue weighted by Crippen LogP contribution is 2.50. The monoisotopic (exact) mass is 200 g/mol. The van der Waals surface area contributed by atoms with E-state index in [0.717, 1.165) is 12.8 Å². The molecule has 2 atom stereocenters. The van der Waals surface area contributed by atoms with Gasteiger partial charge in [0.2, 0.25) is 0 Å².